The van der Waals surface area contributed by atoms with Crippen molar-refractivity contribution in [3.63, 3.8) is 0 Å². The molecule has 0 atom stereocenters. The third kappa shape index (κ3) is 3.93. The van der Waals surface area contributed by atoms with Crippen LogP contribution in [0.2, 0.25) is 0 Å². The van der Waals surface area contributed by atoms with Crippen molar-refractivity contribution in [1.82, 2.24) is 10.2 Å². The molecule has 94 valence electrons. The third-order valence-corrected chi connectivity index (χ3v) is 3.99. The lowest BCUT2D eigenvalue weighted by Crippen LogP contribution is -2.47. The highest BCUT2D eigenvalue weighted by molar-refractivity contribution is 7.80. The van der Waals surface area contributed by atoms with E-state index in [0.29, 0.717) is 17.5 Å². The lowest BCUT2D eigenvalue weighted by Gasteiger charge is -2.39. The molecule has 0 aromatic rings. The zero-order valence-corrected chi connectivity index (χ0v) is 12.2. The van der Waals surface area contributed by atoms with Crippen LogP contribution in [0.15, 0.2) is 0 Å². The standard InChI is InChI=1S/C13H26N2S/c1-10(2)14-12(16)15(5)11-6-8-13(3,4)9-7-11/h10-11H,6-9H2,1-5H3,(H,14,16). The first kappa shape index (κ1) is 13.8. The molecule has 0 spiro atoms. The average molecular weight is 242 g/mol. The molecular formula is C13H26N2S. The second kappa shape index (κ2) is 5.35. The molecule has 1 saturated carbocycles. The molecule has 0 aromatic carbocycles. The lowest BCUT2D eigenvalue weighted by molar-refractivity contribution is 0.168. The fourth-order valence-corrected chi connectivity index (χ4v) is 2.67. The van der Waals surface area contributed by atoms with E-state index in [9.17, 15) is 0 Å². The summed E-state index contributed by atoms with van der Waals surface area (Å²) in [6, 6.07) is 1.06. The number of hydrogen-bond donors (Lipinski definition) is 1. The van der Waals surface area contributed by atoms with E-state index in [1.807, 2.05) is 0 Å². The van der Waals surface area contributed by atoms with E-state index in [0.717, 1.165) is 5.11 Å². The van der Waals surface area contributed by atoms with Crippen LogP contribution in [0.5, 0.6) is 0 Å². The van der Waals surface area contributed by atoms with Crippen LogP contribution in [-0.2, 0) is 0 Å². The summed E-state index contributed by atoms with van der Waals surface area (Å²) in [5.41, 5.74) is 0.532. The van der Waals surface area contributed by atoms with Gasteiger partial charge in [0.1, 0.15) is 0 Å². The van der Waals surface area contributed by atoms with Crippen LogP contribution < -0.4 is 5.32 Å². The van der Waals surface area contributed by atoms with Gasteiger partial charge in [-0.3, -0.25) is 0 Å². The Kier molecular flexibility index (Phi) is 4.60. The van der Waals surface area contributed by atoms with E-state index in [4.69, 9.17) is 12.2 Å². The van der Waals surface area contributed by atoms with Gasteiger partial charge in [0.25, 0.3) is 0 Å². The number of rotatable bonds is 2. The average Bonchev–Trinajstić information content (AvgIpc) is 2.15. The van der Waals surface area contributed by atoms with E-state index >= 15 is 0 Å². The van der Waals surface area contributed by atoms with Crippen molar-refractivity contribution in [3.05, 3.63) is 0 Å². The van der Waals surface area contributed by atoms with Gasteiger partial charge in [-0.25, -0.2) is 0 Å². The molecule has 0 unspecified atom stereocenters. The molecule has 0 heterocycles. The van der Waals surface area contributed by atoms with Gasteiger partial charge in [0.05, 0.1) is 0 Å². The maximum absolute atomic E-state index is 5.41. The van der Waals surface area contributed by atoms with E-state index in [1.165, 1.54) is 25.7 Å². The zero-order valence-electron chi connectivity index (χ0n) is 11.3. The van der Waals surface area contributed by atoms with Gasteiger partial charge in [0.2, 0.25) is 0 Å². The maximum Gasteiger partial charge on any atom is 0.169 e. The molecule has 1 aliphatic rings. The van der Waals surface area contributed by atoms with Crippen molar-refractivity contribution in [2.45, 2.75) is 65.5 Å². The molecule has 1 N–H and O–H groups in total. The molecule has 1 rings (SSSR count). The molecule has 1 fully saturated rings. The Morgan fingerprint density at radius 1 is 1.31 bits per heavy atom. The summed E-state index contributed by atoms with van der Waals surface area (Å²) < 4.78 is 0. The van der Waals surface area contributed by atoms with Gasteiger partial charge in [-0.05, 0) is 57.2 Å². The van der Waals surface area contributed by atoms with Crippen molar-refractivity contribution in [3.8, 4) is 0 Å². The summed E-state index contributed by atoms with van der Waals surface area (Å²) in [5.74, 6) is 0. The number of hydrogen-bond acceptors (Lipinski definition) is 1. The fraction of sp³-hybridized carbons (Fsp3) is 0.923. The molecule has 0 bridgehead atoms. The Morgan fingerprint density at radius 3 is 2.25 bits per heavy atom. The molecule has 0 amide bonds. The first-order chi connectivity index (χ1) is 7.32. The smallest absolute Gasteiger partial charge is 0.169 e. The van der Waals surface area contributed by atoms with Crippen molar-refractivity contribution >= 4 is 17.3 Å². The SMILES string of the molecule is CC(C)NC(=S)N(C)C1CCC(C)(C)CC1. The number of nitrogens with zero attached hydrogens (tertiary/aromatic N) is 1. The van der Waals surface area contributed by atoms with Gasteiger partial charge in [0.15, 0.2) is 5.11 Å². The van der Waals surface area contributed by atoms with E-state index in [-0.39, 0.29) is 0 Å². The second-order valence-electron chi connectivity index (χ2n) is 6.11. The summed E-state index contributed by atoms with van der Waals surface area (Å²) in [4.78, 5) is 2.25. The molecule has 2 nitrogen and oxygen atoms in total. The topological polar surface area (TPSA) is 15.3 Å². The lowest BCUT2D eigenvalue weighted by atomic mass is 9.75. The molecule has 0 aromatic heterocycles. The van der Waals surface area contributed by atoms with Crippen molar-refractivity contribution in [1.29, 1.82) is 0 Å². The van der Waals surface area contributed by atoms with Crippen molar-refractivity contribution in [2.75, 3.05) is 7.05 Å². The van der Waals surface area contributed by atoms with Gasteiger partial charge in [-0.1, -0.05) is 13.8 Å². The molecule has 16 heavy (non-hydrogen) atoms. The van der Waals surface area contributed by atoms with Gasteiger partial charge in [0, 0.05) is 19.1 Å². The first-order valence-electron chi connectivity index (χ1n) is 6.35. The van der Waals surface area contributed by atoms with Crippen molar-refractivity contribution in [2.24, 2.45) is 5.41 Å². The van der Waals surface area contributed by atoms with Gasteiger partial charge < -0.3 is 10.2 Å². The molecule has 0 aliphatic heterocycles. The fourth-order valence-electron chi connectivity index (χ4n) is 2.29. The summed E-state index contributed by atoms with van der Waals surface area (Å²) >= 11 is 5.41. The molecule has 1 aliphatic carbocycles. The van der Waals surface area contributed by atoms with Crippen molar-refractivity contribution < 1.29 is 0 Å². The number of thiocarbonyl (C=S) groups is 1. The van der Waals surface area contributed by atoms with Crippen LogP contribution in [0, 0.1) is 5.41 Å². The Hall–Kier alpha value is -0.310. The van der Waals surface area contributed by atoms with Crippen LogP contribution in [0.25, 0.3) is 0 Å². The maximum atomic E-state index is 5.41. The van der Waals surface area contributed by atoms with Crippen LogP contribution in [0.3, 0.4) is 0 Å². The predicted molar refractivity (Wildman–Crippen MR) is 74.7 cm³/mol. The summed E-state index contributed by atoms with van der Waals surface area (Å²) in [6.07, 6.45) is 5.16. The van der Waals surface area contributed by atoms with Gasteiger partial charge in [-0.15, -0.1) is 0 Å². The van der Waals surface area contributed by atoms with Crippen LogP contribution >= 0.6 is 12.2 Å². The molecule has 3 heteroatoms. The molecule has 0 radical (unpaired) electrons. The highest BCUT2D eigenvalue weighted by Crippen LogP contribution is 2.36. The third-order valence-electron chi connectivity index (χ3n) is 3.59. The van der Waals surface area contributed by atoms with Crippen LogP contribution in [0.4, 0.5) is 0 Å². The van der Waals surface area contributed by atoms with Crippen LogP contribution in [-0.4, -0.2) is 29.1 Å². The Bertz CT molecular complexity index is 238. The number of nitrogens with one attached hydrogen (secondary N) is 1. The Balaban J connectivity index is 2.44. The molecule has 0 saturated heterocycles. The van der Waals surface area contributed by atoms with Gasteiger partial charge in [-0.2, -0.15) is 0 Å². The van der Waals surface area contributed by atoms with Gasteiger partial charge >= 0.3 is 0 Å². The quantitative estimate of drug-likeness (QED) is 0.749. The minimum atomic E-state index is 0.426. The van der Waals surface area contributed by atoms with E-state index in [1.54, 1.807) is 0 Å². The second-order valence-corrected chi connectivity index (χ2v) is 6.50. The zero-order chi connectivity index (χ0) is 12.3. The minimum absolute atomic E-state index is 0.426. The largest absolute Gasteiger partial charge is 0.360 e. The van der Waals surface area contributed by atoms with Crippen LogP contribution in [0.1, 0.15) is 53.4 Å². The highest BCUT2D eigenvalue weighted by atomic mass is 32.1. The molecular weight excluding hydrogens is 216 g/mol. The summed E-state index contributed by atoms with van der Waals surface area (Å²) in [5, 5.41) is 4.22. The highest BCUT2D eigenvalue weighted by Gasteiger charge is 2.29. The van der Waals surface area contributed by atoms with E-state index < -0.39 is 0 Å². The van der Waals surface area contributed by atoms with E-state index in [2.05, 4.69) is 45.0 Å². The Labute approximate surface area is 106 Å². The first-order valence-corrected chi connectivity index (χ1v) is 6.76. The Morgan fingerprint density at radius 2 is 1.81 bits per heavy atom. The predicted octanol–water partition coefficient (Wildman–Crippen LogP) is 3.17. The monoisotopic (exact) mass is 242 g/mol. The summed E-state index contributed by atoms with van der Waals surface area (Å²) in [7, 11) is 2.13. The minimum Gasteiger partial charge on any atom is -0.360 e. The summed E-state index contributed by atoms with van der Waals surface area (Å²) in [6.45, 7) is 9.00. The normalized spacial score (nSPS) is 20.9.